The summed E-state index contributed by atoms with van der Waals surface area (Å²) < 4.78 is 35.7. The van der Waals surface area contributed by atoms with Gasteiger partial charge in [-0.15, -0.1) is 0 Å². The Bertz CT molecular complexity index is 1180. The van der Waals surface area contributed by atoms with Crippen LogP contribution in [-0.4, -0.2) is 33.7 Å². The number of benzene rings is 1. The smallest absolute Gasteiger partial charge is 0.255 e. The van der Waals surface area contributed by atoms with Gasteiger partial charge in [-0.3, -0.25) is 14.3 Å². The minimum Gasteiger partial charge on any atom is -0.370 e. The molecule has 3 heterocycles. The molecule has 0 amide bonds. The average Bonchev–Trinajstić information content (AvgIpc) is 2.75. The predicted molar refractivity (Wildman–Crippen MR) is 107 cm³/mol. The summed E-state index contributed by atoms with van der Waals surface area (Å²) in [6.07, 6.45) is 3.83. The van der Waals surface area contributed by atoms with Crippen LogP contribution in [0.3, 0.4) is 0 Å². The lowest BCUT2D eigenvalue weighted by Gasteiger charge is -2.45. The Balaban J connectivity index is 1.59. The van der Waals surface area contributed by atoms with E-state index in [1.165, 1.54) is 35.0 Å². The second kappa shape index (κ2) is 7.28. The molecule has 1 aliphatic heterocycles. The molecule has 2 atom stereocenters. The van der Waals surface area contributed by atoms with Crippen molar-refractivity contribution in [1.29, 1.82) is 0 Å². The number of morpholine rings is 1. The first-order valence-corrected chi connectivity index (χ1v) is 9.87. The van der Waals surface area contributed by atoms with Crippen molar-refractivity contribution >= 4 is 5.95 Å². The summed E-state index contributed by atoms with van der Waals surface area (Å²) in [5, 5.41) is 0. The van der Waals surface area contributed by atoms with E-state index in [1.54, 1.807) is 7.05 Å². The summed E-state index contributed by atoms with van der Waals surface area (Å²) in [5.74, 6) is -0.381. The maximum absolute atomic E-state index is 14.3. The maximum Gasteiger partial charge on any atom is 0.255 e. The molecule has 3 aromatic rings. The van der Waals surface area contributed by atoms with Crippen LogP contribution in [-0.2, 0) is 18.2 Å². The maximum atomic E-state index is 14.3. The van der Waals surface area contributed by atoms with Crippen LogP contribution in [0.1, 0.15) is 23.7 Å². The zero-order chi connectivity index (χ0) is 20.8. The molecule has 8 heteroatoms. The van der Waals surface area contributed by atoms with Crippen LogP contribution in [0.4, 0.5) is 14.7 Å². The highest BCUT2D eigenvalue weighted by Crippen LogP contribution is 2.39. The van der Waals surface area contributed by atoms with E-state index < -0.39 is 5.82 Å². The monoisotopic (exact) mass is 410 g/mol. The molecule has 1 saturated heterocycles. The highest BCUT2D eigenvalue weighted by Gasteiger charge is 2.39. The lowest BCUT2D eigenvalue weighted by molar-refractivity contribution is 0.00157. The van der Waals surface area contributed by atoms with Gasteiger partial charge in [0.2, 0.25) is 5.95 Å². The van der Waals surface area contributed by atoms with Gasteiger partial charge < -0.3 is 9.64 Å². The van der Waals surface area contributed by atoms with Crippen molar-refractivity contribution in [3.63, 3.8) is 0 Å². The Labute approximate surface area is 171 Å². The Morgan fingerprint density at radius 1 is 1.20 bits per heavy atom. The van der Waals surface area contributed by atoms with Crippen LogP contribution >= 0.6 is 0 Å². The van der Waals surface area contributed by atoms with Crippen molar-refractivity contribution < 1.29 is 13.5 Å². The lowest BCUT2D eigenvalue weighted by atomic mass is 9.84. The number of nitrogens with zero attached hydrogens (tertiary/aromatic N) is 4. The summed E-state index contributed by atoms with van der Waals surface area (Å²) in [7, 11) is 1.65. The van der Waals surface area contributed by atoms with E-state index in [0.29, 0.717) is 19.1 Å². The molecule has 0 N–H and O–H groups in total. The number of halogens is 2. The van der Waals surface area contributed by atoms with Crippen LogP contribution in [0, 0.1) is 11.6 Å². The number of aromatic nitrogens is 3. The fourth-order valence-corrected chi connectivity index (χ4v) is 4.44. The second-order valence-corrected chi connectivity index (χ2v) is 7.63. The van der Waals surface area contributed by atoms with E-state index in [9.17, 15) is 13.6 Å². The molecule has 0 radical (unpaired) electrons. The highest BCUT2D eigenvalue weighted by molar-refractivity contribution is 5.60. The number of anilines is 1. The summed E-state index contributed by atoms with van der Waals surface area (Å²) in [5.41, 5.74) is 2.13. The molecular formula is C22H20F2N4O2. The van der Waals surface area contributed by atoms with Crippen LogP contribution in [0.2, 0.25) is 0 Å². The Kier molecular flexibility index (Phi) is 4.58. The summed E-state index contributed by atoms with van der Waals surface area (Å²) in [6, 6.07) is 7.55. The molecule has 1 aromatic carbocycles. The van der Waals surface area contributed by atoms with Crippen LogP contribution < -0.4 is 10.5 Å². The van der Waals surface area contributed by atoms with Gasteiger partial charge in [-0.2, -0.15) is 0 Å². The molecule has 154 valence electrons. The molecule has 2 unspecified atom stereocenters. The van der Waals surface area contributed by atoms with Crippen molar-refractivity contribution in [3.05, 3.63) is 75.8 Å². The minimum atomic E-state index is -0.536. The second-order valence-electron chi connectivity index (χ2n) is 7.63. The topological polar surface area (TPSA) is 60.2 Å². The zero-order valence-electron chi connectivity index (χ0n) is 16.4. The van der Waals surface area contributed by atoms with Crippen molar-refractivity contribution in [2.45, 2.75) is 25.0 Å². The standard InChI is InChI=1S/C22H20F2N4O2/c1-27-20(29)11-18(15-6-7-25-12-17(15)24)26-22(27)28-8-9-30-21-16-10-14(23)4-2-13(16)3-5-19(21)28/h2,4,6-7,10-12,19,21H,3,5,8-9H2,1H3. The Morgan fingerprint density at radius 3 is 2.90 bits per heavy atom. The molecule has 2 aromatic heterocycles. The number of fused-ring (bicyclic) bond motifs is 3. The third-order valence-corrected chi connectivity index (χ3v) is 5.92. The molecule has 0 spiro atoms. The van der Waals surface area contributed by atoms with Gasteiger partial charge in [-0.25, -0.2) is 13.8 Å². The first-order chi connectivity index (χ1) is 14.5. The van der Waals surface area contributed by atoms with Crippen LogP contribution in [0.25, 0.3) is 11.3 Å². The normalized spacial score (nSPS) is 20.6. The van der Waals surface area contributed by atoms with Crippen LogP contribution in [0.5, 0.6) is 0 Å². The number of hydrogen-bond acceptors (Lipinski definition) is 5. The molecule has 0 bridgehead atoms. The fraction of sp³-hybridized carbons (Fsp3) is 0.318. The first-order valence-electron chi connectivity index (χ1n) is 9.87. The van der Waals surface area contributed by atoms with E-state index in [4.69, 9.17) is 4.74 Å². The quantitative estimate of drug-likeness (QED) is 0.650. The van der Waals surface area contributed by atoms with Gasteiger partial charge in [0.1, 0.15) is 11.9 Å². The van der Waals surface area contributed by atoms with Crippen molar-refractivity contribution in [2.75, 3.05) is 18.1 Å². The van der Waals surface area contributed by atoms with Gasteiger partial charge in [0, 0.05) is 31.4 Å². The van der Waals surface area contributed by atoms with Gasteiger partial charge in [0.15, 0.2) is 5.82 Å². The van der Waals surface area contributed by atoms with E-state index >= 15 is 0 Å². The molecular weight excluding hydrogens is 390 g/mol. The third-order valence-electron chi connectivity index (χ3n) is 5.92. The number of hydrogen-bond donors (Lipinski definition) is 0. The van der Waals surface area contributed by atoms with Gasteiger partial charge in [-0.05, 0) is 42.2 Å². The highest BCUT2D eigenvalue weighted by atomic mass is 19.1. The SMILES string of the molecule is Cn1c(N2CCOC3c4cc(F)ccc4CCC32)nc(-c2ccncc2F)cc1=O. The van der Waals surface area contributed by atoms with Crippen LogP contribution in [0.15, 0.2) is 47.5 Å². The number of aryl methyl sites for hydroxylation is 1. The van der Waals surface area contributed by atoms with Gasteiger partial charge in [-0.1, -0.05) is 6.07 Å². The zero-order valence-corrected chi connectivity index (χ0v) is 16.4. The molecule has 1 aliphatic carbocycles. The molecule has 5 rings (SSSR count). The molecule has 0 saturated carbocycles. The van der Waals surface area contributed by atoms with Crippen molar-refractivity contribution in [1.82, 2.24) is 14.5 Å². The Morgan fingerprint density at radius 2 is 2.07 bits per heavy atom. The summed E-state index contributed by atoms with van der Waals surface area (Å²) in [4.78, 5) is 23.1. The molecule has 1 fully saturated rings. The molecule has 6 nitrogen and oxygen atoms in total. The number of rotatable bonds is 2. The summed E-state index contributed by atoms with van der Waals surface area (Å²) >= 11 is 0. The van der Waals surface area contributed by atoms with Gasteiger partial charge in [0.05, 0.1) is 24.5 Å². The largest absolute Gasteiger partial charge is 0.370 e. The van der Waals surface area contributed by atoms with Crippen molar-refractivity contribution in [2.24, 2.45) is 7.05 Å². The van der Waals surface area contributed by atoms with Gasteiger partial charge in [0.25, 0.3) is 5.56 Å². The van der Waals surface area contributed by atoms with E-state index in [2.05, 4.69) is 9.97 Å². The third kappa shape index (κ3) is 3.08. The van der Waals surface area contributed by atoms with E-state index in [-0.39, 0.29) is 34.8 Å². The average molecular weight is 410 g/mol. The first kappa shape index (κ1) is 18.9. The lowest BCUT2D eigenvalue weighted by Crippen LogP contribution is -2.51. The van der Waals surface area contributed by atoms with Gasteiger partial charge >= 0.3 is 0 Å². The number of ether oxygens (including phenoxy) is 1. The molecule has 30 heavy (non-hydrogen) atoms. The predicted octanol–water partition coefficient (Wildman–Crippen LogP) is 3.01. The van der Waals surface area contributed by atoms with E-state index in [0.717, 1.165) is 30.2 Å². The number of pyridine rings is 1. The molecule has 2 aliphatic rings. The van der Waals surface area contributed by atoms with Crippen molar-refractivity contribution in [3.8, 4) is 11.3 Å². The van der Waals surface area contributed by atoms with E-state index in [1.807, 2.05) is 11.0 Å². The fourth-order valence-electron chi connectivity index (χ4n) is 4.44. The Hall–Kier alpha value is -3.13. The summed E-state index contributed by atoms with van der Waals surface area (Å²) in [6.45, 7) is 0.954. The minimum absolute atomic E-state index is 0.0938.